The standard InChI is InChI=1S/C12H18O3.C12H18O2.C6H7NO2/c13-6-1-7-15-12(14)11-8-9-2-4-10(11)5-3-9;1-12(2,3)14-11(13)10-7-8-4-5-9(10)6-8;1-2-4-3-5(8)7-6(4)9/h2,4,9-11,13H,1,3,5-8H2;4-5,8-10H,6-7H2,1-3H3;3H,2H2,1H3,(H,7,8,9). The Kier molecular flexibility index (Phi) is 10.5. The first kappa shape index (κ1) is 29.8. The van der Waals surface area contributed by atoms with Crippen LogP contribution in [0.15, 0.2) is 36.0 Å². The summed E-state index contributed by atoms with van der Waals surface area (Å²) < 4.78 is 10.5. The lowest BCUT2D eigenvalue weighted by molar-refractivity contribution is -0.161. The van der Waals surface area contributed by atoms with Crippen molar-refractivity contribution in [3.63, 3.8) is 0 Å². The van der Waals surface area contributed by atoms with Crippen LogP contribution in [-0.2, 0) is 28.7 Å². The molecule has 0 aromatic rings. The van der Waals surface area contributed by atoms with Gasteiger partial charge in [-0.1, -0.05) is 31.2 Å². The van der Waals surface area contributed by atoms with Crippen LogP contribution >= 0.6 is 0 Å². The summed E-state index contributed by atoms with van der Waals surface area (Å²) >= 11 is 0. The zero-order valence-electron chi connectivity index (χ0n) is 23.1. The zero-order chi connectivity index (χ0) is 27.9. The molecule has 6 rings (SSSR count). The van der Waals surface area contributed by atoms with Crippen molar-refractivity contribution in [1.82, 2.24) is 5.32 Å². The molecule has 5 aliphatic carbocycles. The molecule has 6 unspecified atom stereocenters. The van der Waals surface area contributed by atoms with Gasteiger partial charge >= 0.3 is 11.9 Å². The molecule has 0 aromatic carbocycles. The van der Waals surface area contributed by atoms with Crippen LogP contribution in [0.2, 0.25) is 0 Å². The van der Waals surface area contributed by atoms with Gasteiger partial charge in [-0.05, 0) is 83.0 Å². The van der Waals surface area contributed by atoms with Crippen LogP contribution < -0.4 is 5.32 Å². The molecule has 8 heteroatoms. The number of amides is 2. The SMILES string of the molecule is CC(C)(C)OC(=O)C1CC2C=CC1C2.CCC1=CC(=O)NC1=O.O=C(OCCCO)C1CC2C=CC1CC2. The molecule has 0 spiro atoms. The molecule has 2 amide bonds. The first-order chi connectivity index (χ1) is 18.0. The highest BCUT2D eigenvalue weighted by molar-refractivity contribution is 6.16. The van der Waals surface area contributed by atoms with Crippen LogP contribution in [0.4, 0.5) is 0 Å². The Morgan fingerprint density at radius 2 is 1.61 bits per heavy atom. The average Bonchev–Trinajstić information content (AvgIpc) is 3.60. The van der Waals surface area contributed by atoms with Gasteiger partial charge in [-0.2, -0.15) is 0 Å². The molecule has 1 heterocycles. The summed E-state index contributed by atoms with van der Waals surface area (Å²) in [6, 6.07) is 0. The minimum absolute atomic E-state index is 0.00523. The van der Waals surface area contributed by atoms with Gasteiger partial charge in [-0.25, -0.2) is 0 Å². The van der Waals surface area contributed by atoms with Crippen molar-refractivity contribution in [2.75, 3.05) is 13.2 Å². The second-order valence-corrected chi connectivity index (χ2v) is 11.7. The Balaban J connectivity index is 0.000000163. The van der Waals surface area contributed by atoms with Gasteiger partial charge in [0.25, 0.3) is 11.8 Å². The zero-order valence-corrected chi connectivity index (χ0v) is 23.1. The number of carbonyl (C=O) groups excluding carboxylic acids is 4. The number of esters is 2. The van der Waals surface area contributed by atoms with Gasteiger partial charge in [-0.15, -0.1) is 0 Å². The molecule has 2 fully saturated rings. The lowest BCUT2D eigenvalue weighted by Crippen LogP contribution is -2.34. The summed E-state index contributed by atoms with van der Waals surface area (Å²) in [6.07, 6.45) is 16.8. The second kappa shape index (κ2) is 13.4. The van der Waals surface area contributed by atoms with E-state index >= 15 is 0 Å². The first-order valence-corrected chi connectivity index (χ1v) is 13.9. The highest BCUT2D eigenvalue weighted by Gasteiger charge is 2.41. The van der Waals surface area contributed by atoms with Crippen LogP contribution in [0.5, 0.6) is 0 Å². The number of aliphatic hydroxyl groups is 1. The van der Waals surface area contributed by atoms with E-state index in [9.17, 15) is 19.2 Å². The number of imide groups is 1. The predicted octanol–water partition coefficient (Wildman–Crippen LogP) is 4.03. The normalized spacial score (nSPS) is 30.1. The molecule has 2 N–H and O–H groups in total. The minimum atomic E-state index is -0.345. The molecule has 0 aromatic heterocycles. The third-order valence-electron chi connectivity index (χ3n) is 7.63. The van der Waals surface area contributed by atoms with Crippen molar-refractivity contribution in [3.05, 3.63) is 36.0 Å². The van der Waals surface area contributed by atoms with Gasteiger partial charge in [0.05, 0.1) is 18.4 Å². The maximum Gasteiger partial charge on any atom is 0.310 e. The van der Waals surface area contributed by atoms with Gasteiger partial charge in [0, 0.05) is 24.7 Å². The van der Waals surface area contributed by atoms with E-state index in [-0.39, 0.29) is 47.8 Å². The molecule has 4 bridgehead atoms. The van der Waals surface area contributed by atoms with Crippen molar-refractivity contribution in [1.29, 1.82) is 0 Å². The third-order valence-corrected chi connectivity index (χ3v) is 7.63. The highest BCUT2D eigenvalue weighted by atomic mass is 16.6. The fraction of sp³-hybridized carbons (Fsp3) is 0.667. The van der Waals surface area contributed by atoms with Gasteiger partial charge in [0.2, 0.25) is 0 Å². The van der Waals surface area contributed by atoms with E-state index in [4.69, 9.17) is 14.6 Å². The topological polar surface area (TPSA) is 119 Å². The number of ether oxygens (including phenoxy) is 2. The highest BCUT2D eigenvalue weighted by Crippen LogP contribution is 2.44. The Bertz CT molecular complexity index is 974. The summed E-state index contributed by atoms with van der Waals surface area (Å²) in [6.45, 7) is 8.05. The van der Waals surface area contributed by atoms with E-state index in [0.29, 0.717) is 48.7 Å². The number of aliphatic hydroxyl groups excluding tert-OH is 1. The maximum atomic E-state index is 11.8. The van der Waals surface area contributed by atoms with Crippen molar-refractivity contribution < 1.29 is 33.8 Å². The van der Waals surface area contributed by atoms with Crippen molar-refractivity contribution in [2.24, 2.45) is 35.5 Å². The summed E-state index contributed by atoms with van der Waals surface area (Å²) in [5.74, 6) is 1.67. The number of allylic oxidation sites excluding steroid dienone is 4. The fourth-order valence-electron chi connectivity index (χ4n) is 5.69. The van der Waals surface area contributed by atoms with Gasteiger partial charge in [-0.3, -0.25) is 24.5 Å². The Labute approximate surface area is 225 Å². The molecule has 0 radical (unpaired) electrons. The number of fused-ring (bicyclic) bond motifs is 4. The van der Waals surface area contributed by atoms with E-state index in [1.165, 1.54) is 12.5 Å². The number of carbonyl (C=O) groups is 4. The van der Waals surface area contributed by atoms with E-state index < -0.39 is 0 Å². The monoisotopic (exact) mass is 529 g/mol. The summed E-state index contributed by atoms with van der Waals surface area (Å²) in [7, 11) is 0. The quantitative estimate of drug-likeness (QED) is 0.231. The molecular weight excluding hydrogens is 486 g/mol. The fourth-order valence-corrected chi connectivity index (χ4v) is 5.69. The van der Waals surface area contributed by atoms with Gasteiger partial charge < -0.3 is 14.6 Å². The van der Waals surface area contributed by atoms with Crippen LogP contribution in [0.3, 0.4) is 0 Å². The largest absolute Gasteiger partial charge is 0.465 e. The molecule has 38 heavy (non-hydrogen) atoms. The Morgan fingerprint density at radius 1 is 0.947 bits per heavy atom. The molecular formula is C30H43NO7. The van der Waals surface area contributed by atoms with Crippen molar-refractivity contribution in [2.45, 2.75) is 78.2 Å². The lowest BCUT2D eigenvalue weighted by atomic mass is 9.69. The second-order valence-electron chi connectivity index (χ2n) is 11.7. The van der Waals surface area contributed by atoms with E-state index in [0.717, 1.165) is 25.7 Å². The number of hydrogen-bond acceptors (Lipinski definition) is 7. The van der Waals surface area contributed by atoms with Crippen LogP contribution in [0.1, 0.15) is 72.6 Å². The molecule has 6 aliphatic rings. The molecule has 6 atom stereocenters. The van der Waals surface area contributed by atoms with Gasteiger partial charge in [0.15, 0.2) is 0 Å². The number of nitrogens with one attached hydrogen (secondary N) is 1. The summed E-state index contributed by atoms with van der Waals surface area (Å²) in [4.78, 5) is 44.5. The molecule has 2 saturated carbocycles. The molecule has 210 valence electrons. The van der Waals surface area contributed by atoms with Crippen molar-refractivity contribution >= 4 is 23.8 Å². The maximum absolute atomic E-state index is 11.8. The number of rotatable bonds is 6. The van der Waals surface area contributed by atoms with Crippen molar-refractivity contribution in [3.8, 4) is 0 Å². The number of hydrogen-bond donors (Lipinski definition) is 2. The molecule has 0 saturated heterocycles. The van der Waals surface area contributed by atoms with E-state index in [1.54, 1.807) is 0 Å². The third kappa shape index (κ3) is 8.38. The summed E-state index contributed by atoms with van der Waals surface area (Å²) in [5.41, 5.74) is 0.225. The summed E-state index contributed by atoms with van der Waals surface area (Å²) in [5, 5.41) is 10.7. The van der Waals surface area contributed by atoms with E-state index in [1.807, 2.05) is 27.7 Å². The minimum Gasteiger partial charge on any atom is -0.465 e. The van der Waals surface area contributed by atoms with Gasteiger partial charge in [0.1, 0.15) is 5.60 Å². The predicted molar refractivity (Wildman–Crippen MR) is 142 cm³/mol. The Hall–Kier alpha value is -2.74. The molecule has 8 nitrogen and oxygen atoms in total. The van der Waals surface area contributed by atoms with Crippen LogP contribution in [-0.4, -0.2) is 47.7 Å². The smallest absolute Gasteiger partial charge is 0.310 e. The first-order valence-electron chi connectivity index (χ1n) is 13.9. The van der Waals surface area contributed by atoms with E-state index in [2.05, 4.69) is 29.6 Å². The molecule has 1 aliphatic heterocycles. The van der Waals surface area contributed by atoms with Crippen LogP contribution in [0.25, 0.3) is 0 Å². The Morgan fingerprint density at radius 3 is 2.03 bits per heavy atom. The van der Waals surface area contributed by atoms with Crippen LogP contribution in [0, 0.1) is 35.5 Å². The average molecular weight is 530 g/mol. The lowest BCUT2D eigenvalue weighted by Gasteiger charge is -2.36.